The Morgan fingerprint density at radius 1 is 1.12 bits per heavy atom. The monoisotopic (exact) mass is 359 g/mol. The van der Waals surface area contributed by atoms with E-state index in [9.17, 15) is 9.59 Å². The highest BCUT2D eigenvalue weighted by Crippen LogP contribution is 2.12. The lowest BCUT2D eigenvalue weighted by Crippen LogP contribution is -2.44. The SMILES string of the molecule is CC(C)Cc1ccc(C(=O)CCC(=O)NCCCN2CCNCC2)cc1. The maximum Gasteiger partial charge on any atom is 0.220 e. The Morgan fingerprint density at radius 3 is 2.46 bits per heavy atom. The molecule has 0 aromatic heterocycles. The van der Waals surface area contributed by atoms with Gasteiger partial charge in [-0.3, -0.25) is 9.59 Å². The molecule has 1 aliphatic heterocycles. The van der Waals surface area contributed by atoms with E-state index < -0.39 is 0 Å². The van der Waals surface area contributed by atoms with E-state index in [1.807, 2.05) is 24.3 Å². The average molecular weight is 360 g/mol. The van der Waals surface area contributed by atoms with Gasteiger partial charge in [0.25, 0.3) is 0 Å². The molecule has 1 aliphatic rings. The summed E-state index contributed by atoms with van der Waals surface area (Å²) in [4.78, 5) is 26.6. The highest BCUT2D eigenvalue weighted by molar-refractivity contribution is 5.97. The number of benzene rings is 1. The molecule has 0 saturated carbocycles. The van der Waals surface area contributed by atoms with Crippen molar-refractivity contribution in [2.75, 3.05) is 39.3 Å². The number of carbonyl (C=O) groups is 2. The van der Waals surface area contributed by atoms with Gasteiger partial charge in [0.05, 0.1) is 0 Å². The van der Waals surface area contributed by atoms with Crippen LogP contribution in [0.2, 0.25) is 0 Å². The van der Waals surface area contributed by atoms with Crippen LogP contribution in [-0.2, 0) is 11.2 Å². The van der Waals surface area contributed by atoms with Crippen molar-refractivity contribution in [1.82, 2.24) is 15.5 Å². The van der Waals surface area contributed by atoms with Crippen molar-refractivity contribution >= 4 is 11.7 Å². The zero-order chi connectivity index (χ0) is 18.8. The van der Waals surface area contributed by atoms with E-state index in [4.69, 9.17) is 0 Å². The van der Waals surface area contributed by atoms with E-state index in [-0.39, 0.29) is 24.5 Å². The van der Waals surface area contributed by atoms with Crippen LogP contribution in [0.3, 0.4) is 0 Å². The van der Waals surface area contributed by atoms with Crippen molar-refractivity contribution in [1.29, 1.82) is 0 Å². The Labute approximate surface area is 157 Å². The average Bonchev–Trinajstić information content (AvgIpc) is 2.64. The molecule has 0 spiro atoms. The van der Waals surface area contributed by atoms with Gasteiger partial charge in [-0.25, -0.2) is 0 Å². The fraction of sp³-hybridized carbons (Fsp3) is 0.619. The number of hydrogen-bond donors (Lipinski definition) is 2. The van der Waals surface area contributed by atoms with Crippen molar-refractivity contribution in [3.05, 3.63) is 35.4 Å². The number of piperazine rings is 1. The third kappa shape index (κ3) is 7.67. The fourth-order valence-corrected chi connectivity index (χ4v) is 3.22. The van der Waals surface area contributed by atoms with Gasteiger partial charge in [-0.05, 0) is 30.9 Å². The zero-order valence-electron chi connectivity index (χ0n) is 16.2. The molecule has 1 aromatic carbocycles. The second-order valence-electron chi connectivity index (χ2n) is 7.51. The van der Waals surface area contributed by atoms with Crippen LogP contribution >= 0.6 is 0 Å². The minimum absolute atomic E-state index is 0.0323. The van der Waals surface area contributed by atoms with E-state index in [0.29, 0.717) is 18.0 Å². The van der Waals surface area contributed by atoms with E-state index in [1.165, 1.54) is 5.56 Å². The second-order valence-corrected chi connectivity index (χ2v) is 7.51. The lowest BCUT2D eigenvalue weighted by Gasteiger charge is -2.27. The summed E-state index contributed by atoms with van der Waals surface area (Å²) >= 11 is 0. The lowest BCUT2D eigenvalue weighted by atomic mass is 9.99. The molecule has 144 valence electrons. The molecule has 0 radical (unpaired) electrons. The molecule has 0 bridgehead atoms. The number of carbonyl (C=O) groups excluding carboxylic acids is 2. The highest BCUT2D eigenvalue weighted by Gasteiger charge is 2.11. The first-order valence-electron chi connectivity index (χ1n) is 9.86. The summed E-state index contributed by atoms with van der Waals surface area (Å²) in [6, 6.07) is 7.80. The van der Waals surface area contributed by atoms with Gasteiger partial charge in [-0.2, -0.15) is 0 Å². The lowest BCUT2D eigenvalue weighted by molar-refractivity contribution is -0.121. The normalized spacial score (nSPS) is 15.2. The first-order chi connectivity index (χ1) is 12.5. The van der Waals surface area contributed by atoms with Crippen LogP contribution in [0.4, 0.5) is 0 Å². The quantitative estimate of drug-likeness (QED) is 0.497. The molecule has 1 fully saturated rings. The van der Waals surface area contributed by atoms with Gasteiger partial charge in [-0.15, -0.1) is 0 Å². The number of amides is 1. The summed E-state index contributed by atoms with van der Waals surface area (Å²) < 4.78 is 0. The van der Waals surface area contributed by atoms with Crippen molar-refractivity contribution in [2.45, 2.75) is 39.5 Å². The first kappa shape index (κ1) is 20.6. The van der Waals surface area contributed by atoms with Crippen LogP contribution in [-0.4, -0.2) is 55.9 Å². The van der Waals surface area contributed by atoms with Gasteiger partial charge in [0, 0.05) is 51.1 Å². The first-order valence-corrected chi connectivity index (χ1v) is 9.86. The summed E-state index contributed by atoms with van der Waals surface area (Å²) in [5, 5.41) is 6.26. The van der Waals surface area contributed by atoms with Gasteiger partial charge in [0.1, 0.15) is 0 Å². The minimum Gasteiger partial charge on any atom is -0.356 e. The van der Waals surface area contributed by atoms with Crippen molar-refractivity contribution in [2.24, 2.45) is 5.92 Å². The molecular formula is C21H33N3O2. The van der Waals surface area contributed by atoms with Crippen LogP contribution in [0, 0.1) is 5.92 Å². The molecular weight excluding hydrogens is 326 g/mol. The summed E-state index contributed by atoms with van der Waals surface area (Å²) in [5.74, 6) is 0.610. The molecule has 1 saturated heterocycles. The molecule has 5 heteroatoms. The predicted octanol–water partition coefficient (Wildman–Crippen LogP) is 2.26. The molecule has 1 aromatic rings. The van der Waals surface area contributed by atoms with Crippen LogP contribution in [0.25, 0.3) is 0 Å². The van der Waals surface area contributed by atoms with Crippen molar-refractivity contribution in [3.8, 4) is 0 Å². The Hall–Kier alpha value is -1.72. The number of Topliss-reactive ketones (excluding diaryl/α,β-unsaturated/α-hetero) is 1. The number of hydrogen-bond acceptors (Lipinski definition) is 4. The standard InChI is InChI=1S/C21H33N3O2/c1-17(2)16-18-4-6-19(7-5-18)20(25)8-9-21(26)23-10-3-13-24-14-11-22-12-15-24/h4-7,17,22H,3,8-16H2,1-2H3,(H,23,26). The largest absolute Gasteiger partial charge is 0.356 e. The molecule has 5 nitrogen and oxygen atoms in total. The number of nitrogens with zero attached hydrogens (tertiary/aromatic N) is 1. The van der Waals surface area contributed by atoms with E-state index >= 15 is 0 Å². The zero-order valence-corrected chi connectivity index (χ0v) is 16.2. The smallest absolute Gasteiger partial charge is 0.220 e. The Kier molecular flexibility index (Phi) is 8.78. The minimum atomic E-state index is -0.0323. The van der Waals surface area contributed by atoms with E-state index in [0.717, 1.165) is 45.6 Å². The molecule has 2 rings (SSSR count). The van der Waals surface area contributed by atoms with E-state index in [2.05, 4.69) is 29.4 Å². The third-order valence-electron chi connectivity index (χ3n) is 4.68. The molecule has 26 heavy (non-hydrogen) atoms. The van der Waals surface area contributed by atoms with Gasteiger partial charge in [0.2, 0.25) is 5.91 Å². The number of rotatable bonds is 10. The highest BCUT2D eigenvalue weighted by atomic mass is 16.2. The fourth-order valence-electron chi connectivity index (χ4n) is 3.22. The Balaban J connectivity index is 1.61. The van der Waals surface area contributed by atoms with Crippen LogP contribution in [0.15, 0.2) is 24.3 Å². The summed E-state index contributed by atoms with van der Waals surface area (Å²) in [7, 11) is 0. The van der Waals surface area contributed by atoms with Crippen LogP contribution in [0.5, 0.6) is 0 Å². The molecule has 0 unspecified atom stereocenters. The molecule has 0 aliphatic carbocycles. The summed E-state index contributed by atoms with van der Waals surface area (Å²) in [6.07, 6.45) is 2.51. The molecule has 0 atom stereocenters. The third-order valence-corrected chi connectivity index (χ3v) is 4.68. The van der Waals surface area contributed by atoms with Crippen molar-refractivity contribution < 1.29 is 9.59 Å². The maximum atomic E-state index is 12.2. The van der Waals surface area contributed by atoms with Gasteiger partial charge >= 0.3 is 0 Å². The van der Waals surface area contributed by atoms with Crippen LogP contribution in [0.1, 0.15) is 49.0 Å². The number of nitrogens with one attached hydrogen (secondary N) is 2. The molecule has 2 N–H and O–H groups in total. The molecule has 1 heterocycles. The predicted molar refractivity (Wildman–Crippen MR) is 105 cm³/mol. The van der Waals surface area contributed by atoms with Gasteiger partial charge in [-0.1, -0.05) is 38.1 Å². The second kappa shape index (κ2) is 11.1. The van der Waals surface area contributed by atoms with Gasteiger partial charge < -0.3 is 15.5 Å². The topological polar surface area (TPSA) is 61.4 Å². The van der Waals surface area contributed by atoms with Crippen molar-refractivity contribution in [3.63, 3.8) is 0 Å². The molecule has 1 amide bonds. The van der Waals surface area contributed by atoms with Gasteiger partial charge in [0.15, 0.2) is 5.78 Å². The Bertz CT molecular complexity index is 563. The van der Waals surface area contributed by atoms with E-state index in [1.54, 1.807) is 0 Å². The van der Waals surface area contributed by atoms with Crippen LogP contribution < -0.4 is 10.6 Å². The summed E-state index contributed by atoms with van der Waals surface area (Å²) in [6.45, 7) is 10.3. The Morgan fingerprint density at radius 2 is 1.81 bits per heavy atom. The maximum absolute atomic E-state index is 12.2. The summed E-state index contributed by atoms with van der Waals surface area (Å²) in [5.41, 5.74) is 1.95. The number of ketones is 1.